The van der Waals surface area contributed by atoms with Gasteiger partial charge in [0.25, 0.3) is 0 Å². The standard InChI is InChI=1S/C22H20N6O2/c1-3-19(29)17-6-12(2)16(10-23-17)15-7-14-9-24-20(26-22(30)13-4-5-13)8-18(14)28-11-25-27-21(15)28/h6-11,13H,3-5H2,1-2H3,(H,24,26,30). The van der Waals surface area contributed by atoms with Crippen LogP contribution in [0, 0.1) is 12.8 Å². The van der Waals surface area contributed by atoms with Crippen LogP contribution in [0.15, 0.2) is 36.9 Å². The van der Waals surface area contributed by atoms with Gasteiger partial charge in [-0.15, -0.1) is 10.2 Å². The number of aromatic nitrogens is 5. The molecular formula is C22H20N6O2. The smallest absolute Gasteiger partial charge is 0.228 e. The number of hydrogen-bond acceptors (Lipinski definition) is 6. The van der Waals surface area contributed by atoms with Gasteiger partial charge in [-0.1, -0.05) is 6.92 Å². The van der Waals surface area contributed by atoms with Crippen LogP contribution in [0.4, 0.5) is 5.82 Å². The molecule has 0 radical (unpaired) electrons. The summed E-state index contributed by atoms with van der Waals surface area (Å²) < 4.78 is 1.88. The fourth-order valence-electron chi connectivity index (χ4n) is 3.60. The Balaban J connectivity index is 1.62. The van der Waals surface area contributed by atoms with E-state index < -0.39 is 0 Å². The third kappa shape index (κ3) is 3.10. The van der Waals surface area contributed by atoms with Crippen molar-refractivity contribution in [3.8, 4) is 11.1 Å². The second kappa shape index (κ2) is 6.98. The van der Waals surface area contributed by atoms with E-state index in [9.17, 15) is 9.59 Å². The zero-order valence-electron chi connectivity index (χ0n) is 16.7. The highest BCUT2D eigenvalue weighted by atomic mass is 16.2. The van der Waals surface area contributed by atoms with E-state index in [-0.39, 0.29) is 17.6 Å². The van der Waals surface area contributed by atoms with Crippen molar-refractivity contribution in [3.05, 3.63) is 48.2 Å². The summed E-state index contributed by atoms with van der Waals surface area (Å²) in [4.78, 5) is 32.8. The van der Waals surface area contributed by atoms with Crippen molar-refractivity contribution in [2.24, 2.45) is 5.92 Å². The second-order valence-electron chi connectivity index (χ2n) is 7.64. The summed E-state index contributed by atoms with van der Waals surface area (Å²) in [6.07, 6.45) is 7.39. The first-order chi connectivity index (χ1) is 14.5. The number of Topliss-reactive ketones (excluding diaryl/α,β-unsaturated/α-hetero) is 1. The van der Waals surface area contributed by atoms with Crippen molar-refractivity contribution in [3.63, 3.8) is 0 Å². The normalized spacial score (nSPS) is 13.7. The molecule has 30 heavy (non-hydrogen) atoms. The Hall–Kier alpha value is -3.68. The van der Waals surface area contributed by atoms with Crippen LogP contribution in [0.1, 0.15) is 42.2 Å². The van der Waals surface area contributed by atoms with Crippen molar-refractivity contribution < 1.29 is 9.59 Å². The number of nitrogens with one attached hydrogen (secondary N) is 1. The van der Waals surface area contributed by atoms with Gasteiger partial charge in [0, 0.05) is 47.3 Å². The average molecular weight is 400 g/mol. The molecule has 1 amide bonds. The number of rotatable bonds is 5. The van der Waals surface area contributed by atoms with Gasteiger partial charge in [0.2, 0.25) is 5.91 Å². The lowest BCUT2D eigenvalue weighted by Crippen LogP contribution is -2.14. The van der Waals surface area contributed by atoms with E-state index in [4.69, 9.17) is 0 Å². The van der Waals surface area contributed by atoms with E-state index >= 15 is 0 Å². The van der Waals surface area contributed by atoms with Gasteiger partial charge in [0.15, 0.2) is 11.4 Å². The van der Waals surface area contributed by atoms with E-state index in [1.54, 1.807) is 18.7 Å². The number of pyridine rings is 3. The number of hydrogen-bond donors (Lipinski definition) is 1. The molecule has 0 unspecified atom stereocenters. The number of amides is 1. The molecular weight excluding hydrogens is 380 g/mol. The zero-order valence-corrected chi connectivity index (χ0v) is 16.7. The summed E-state index contributed by atoms with van der Waals surface area (Å²) in [6.45, 7) is 3.78. The summed E-state index contributed by atoms with van der Waals surface area (Å²) in [7, 11) is 0. The molecule has 0 aliphatic heterocycles. The Bertz CT molecular complexity index is 1320. The first kappa shape index (κ1) is 18.4. The SMILES string of the molecule is CCC(=O)c1cc(C)c(-c2cc3cnc(NC(=O)C4CC4)cc3n3cnnc23)cn1. The van der Waals surface area contributed by atoms with E-state index in [2.05, 4.69) is 25.5 Å². The molecule has 0 saturated heterocycles. The third-order valence-electron chi connectivity index (χ3n) is 5.47. The predicted octanol–water partition coefficient (Wildman–Crippen LogP) is 3.59. The number of anilines is 1. The maximum atomic E-state index is 12.1. The molecule has 4 aromatic rings. The van der Waals surface area contributed by atoms with Crippen molar-refractivity contribution in [2.75, 3.05) is 5.32 Å². The zero-order chi connectivity index (χ0) is 20.8. The highest BCUT2D eigenvalue weighted by Crippen LogP contribution is 2.32. The summed E-state index contributed by atoms with van der Waals surface area (Å²) in [5.74, 6) is 0.655. The van der Waals surface area contributed by atoms with Gasteiger partial charge in [0.1, 0.15) is 17.8 Å². The van der Waals surface area contributed by atoms with Crippen LogP contribution >= 0.6 is 0 Å². The van der Waals surface area contributed by atoms with Crippen molar-refractivity contribution >= 4 is 34.1 Å². The minimum atomic E-state index is 0.0146. The lowest BCUT2D eigenvalue weighted by molar-refractivity contribution is -0.117. The van der Waals surface area contributed by atoms with Crippen LogP contribution in [0.3, 0.4) is 0 Å². The largest absolute Gasteiger partial charge is 0.310 e. The molecule has 1 saturated carbocycles. The third-order valence-corrected chi connectivity index (χ3v) is 5.47. The van der Waals surface area contributed by atoms with Crippen LogP contribution < -0.4 is 5.32 Å². The van der Waals surface area contributed by atoms with Gasteiger partial charge < -0.3 is 5.32 Å². The fourth-order valence-corrected chi connectivity index (χ4v) is 3.60. The predicted molar refractivity (Wildman–Crippen MR) is 112 cm³/mol. The Kier molecular flexibility index (Phi) is 4.27. The number of carbonyl (C=O) groups excluding carboxylic acids is 2. The maximum absolute atomic E-state index is 12.1. The molecule has 4 aromatic heterocycles. The second-order valence-corrected chi connectivity index (χ2v) is 7.64. The van der Waals surface area contributed by atoms with Crippen LogP contribution in [0.25, 0.3) is 27.7 Å². The fraction of sp³-hybridized carbons (Fsp3) is 0.273. The van der Waals surface area contributed by atoms with Gasteiger partial charge >= 0.3 is 0 Å². The first-order valence-electron chi connectivity index (χ1n) is 9.98. The number of ketones is 1. The molecule has 1 aliphatic carbocycles. The van der Waals surface area contributed by atoms with E-state index in [0.29, 0.717) is 23.6 Å². The number of aryl methyl sites for hydroxylation is 1. The molecule has 8 heteroatoms. The van der Waals surface area contributed by atoms with Crippen LogP contribution in [0.2, 0.25) is 0 Å². The number of nitrogens with zero attached hydrogens (tertiary/aromatic N) is 5. The molecule has 0 spiro atoms. The Morgan fingerprint density at radius 1 is 1.13 bits per heavy atom. The maximum Gasteiger partial charge on any atom is 0.228 e. The van der Waals surface area contributed by atoms with E-state index in [0.717, 1.165) is 40.4 Å². The quantitative estimate of drug-likeness (QED) is 0.514. The number of carbonyl (C=O) groups is 2. The molecule has 1 aliphatic rings. The minimum absolute atomic E-state index is 0.0146. The van der Waals surface area contributed by atoms with Crippen molar-refractivity contribution in [1.82, 2.24) is 24.6 Å². The lowest BCUT2D eigenvalue weighted by atomic mass is 10.0. The topological polar surface area (TPSA) is 102 Å². The Labute approximate surface area is 172 Å². The molecule has 0 atom stereocenters. The summed E-state index contributed by atoms with van der Waals surface area (Å²) >= 11 is 0. The van der Waals surface area contributed by atoms with Gasteiger partial charge in [-0.25, -0.2) is 4.98 Å². The van der Waals surface area contributed by atoms with Gasteiger partial charge in [-0.05, 0) is 37.5 Å². The molecule has 0 bridgehead atoms. The van der Waals surface area contributed by atoms with Gasteiger partial charge in [-0.3, -0.25) is 19.0 Å². The summed E-state index contributed by atoms with van der Waals surface area (Å²) in [5, 5.41) is 12.2. The monoisotopic (exact) mass is 400 g/mol. The van der Waals surface area contributed by atoms with Crippen LogP contribution in [-0.4, -0.2) is 36.3 Å². The molecule has 8 nitrogen and oxygen atoms in total. The molecule has 1 N–H and O–H groups in total. The molecule has 5 rings (SSSR count). The molecule has 0 aromatic carbocycles. The first-order valence-corrected chi connectivity index (χ1v) is 9.98. The van der Waals surface area contributed by atoms with Crippen LogP contribution in [0.5, 0.6) is 0 Å². The summed E-state index contributed by atoms with van der Waals surface area (Å²) in [5.41, 5.74) is 4.67. The molecule has 4 heterocycles. The van der Waals surface area contributed by atoms with E-state index in [1.807, 2.05) is 36.4 Å². The Morgan fingerprint density at radius 2 is 1.97 bits per heavy atom. The highest BCUT2D eigenvalue weighted by molar-refractivity contribution is 5.98. The Morgan fingerprint density at radius 3 is 2.70 bits per heavy atom. The molecule has 1 fully saturated rings. The van der Waals surface area contributed by atoms with Gasteiger partial charge in [-0.2, -0.15) is 0 Å². The van der Waals surface area contributed by atoms with Crippen molar-refractivity contribution in [2.45, 2.75) is 33.1 Å². The minimum Gasteiger partial charge on any atom is -0.310 e. The summed E-state index contributed by atoms with van der Waals surface area (Å²) in [6, 6.07) is 5.64. The highest BCUT2D eigenvalue weighted by Gasteiger charge is 2.29. The van der Waals surface area contributed by atoms with Crippen molar-refractivity contribution in [1.29, 1.82) is 0 Å². The number of fused-ring (bicyclic) bond motifs is 3. The molecule has 150 valence electrons. The van der Waals surface area contributed by atoms with Gasteiger partial charge in [0.05, 0.1) is 5.52 Å². The van der Waals surface area contributed by atoms with E-state index in [1.165, 1.54) is 0 Å². The van der Waals surface area contributed by atoms with Crippen LogP contribution in [-0.2, 0) is 4.79 Å². The average Bonchev–Trinajstić information content (AvgIpc) is 3.49. The lowest BCUT2D eigenvalue weighted by Gasteiger charge is -2.12.